The fraction of sp³-hybridized carbons (Fsp3) is 0.273. The van der Waals surface area contributed by atoms with Crippen LogP contribution >= 0.6 is 0 Å². The molecular formula is C22H22N2O. The first-order chi connectivity index (χ1) is 12.0. The van der Waals surface area contributed by atoms with Gasteiger partial charge in [-0.1, -0.05) is 43.3 Å². The van der Waals surface area contributed by atoms with Gasteiger partial charge in [0, 0.05) is 11.1 Å². The average molecular weight is 330 g/mol. The maximum absolute atomic E-state index is 12.1. The topological polar surface area (TPSA) is 56.6 Å². The number of rotatable bonds is 4. The van der Waals surface area contributed by atoms with Crippen LogP contribution in [-0.2, 0) is 18.3 Å². The molecule has 1 atom stereocenters. The number of benzene rings is 2. The molecule has 0 fully saturated rings. The van der Waals surface area contributed by atoms with Crippen molar-refractivity contribution >= 4 is 10.9 Å². The predicted octanol–water partition coefficient (Wildman–Crippen LogP) is 4.42. The number of aromatic nitrogens is 1. The van der Waals surface area contributed by atoms with Crippen LogP contribution in [0.3, 0.4) is 0 Å². The van der Waals surface area contributed by atoms with Gasteiger partial charge in [-0.15, -0.1) is 0 Å². The summed E-state index contributed by atoms with van der Waals surface area (Å²) < 4.78 is 0. The van der Waals surface area contributed by atoms with Gasteiger partial charge in [-0.2, -0.15) is 5.26 Å². The summed E-state index contributed by atoms with van der Waals surface area (Å²) in [5.74, 6) is 0. The van der Waals surface area contributed by atoms with E-state index in [1.807, 2.05) is 50.2 Å². The number of H-pyrrole nitrogens is 1. The lowest BCUT2D eigenvalue weighted by Gasteiger charge is -2.23. The van der Waals surface area contributed by atoms with Crippen LogP contribution in [0.15, 0.2) is 53.3 Å². The molecule has 3 heteroatoms. The molecule has 25 heavy (non-hydrogen) atoms. The second kappa shape index (κ2) is 6.57. The second-order valence-corrected chi connectivity index (χ2v) is 6.83. The minimum Gasteiger partial charge on any atom is -0.322 e. The first-order valence-corrected chi connectivity index (χ1v) is 8.59. The maximum atomic E-state index is 12.1. The third-order valence-electron chi connectivity index (χ3n) is 4.99. The molecule has 0 spiro atoms. The highest BCUT2D eigenvalue weighted by atomic mass is 16.1. The standard InChI is InChI=1S/C22H22N2O/c1-4-16-11-17-9-10-19(12-20(17)24-21(16)25)22(3,14-23)13-18-8-6-5-7-15(18)2/h5-12H,4,13H2,1-3H3,(H,24,25). The smallest absolute Gasteiger partial charge is 0.251 e. The van der Waals surface area contributed by atoms with Gasteiger partial charge in [0.15, 0.2) is 0 Å². The molecule has 1 unspecified atom stereocenters. The Morgan fingerprint density at radius 1 is 1.12 bits per heavy atom. The Bertz CT molecular complexity index is 1030. The summed E-state index contributed by atoms with van der Waals surface area (Å²) in [4.78, 5) is 15.1. The molecule has 0 aliphatic rings. The van der Waals surface area contributed by atoms with Crippen molar-refractivity contribution in [1.82, 2.24) is 4.98 Å². The molecule has 0 radical (unpaired) electrons. The number of aryl methyl sites for hydroxylation is 2. The minimum atomic E-state index is -0.652. The Kier molecular flexibility index (Phi) is 4.46. The van der Waals surface area contributed by atoms with E-state index in [4.69, 9.17) is 0 Å². The first-order valence-electron chi connectivity index (χ1n) is 8.59. The monoisotopic (exact) mass is 330 g/mol. The Hall–Kier alpha value is -2.86. The molecule has 0 amide bonds. The number of nitriles is 1. The van der Waals surface area contributed by atoms with Crippen LogP contribution in [0.2, 0.25) is 0 Å². The SMILES string of the molecule is CCc1cc2ccc(C(C)(C#N)Cc3ccccc3C)cc2[nH]c1=O. The molecule has 0 aliphatic heterocycles. The molecule has 3 nitrogen and oxygen atoms in total. The van der Waals surface area contributed by atoms with Crippen molar-refractivity contribution in [2.75, 3.05) is 0 Å². The number of fused-ring (bicyclic) bond motifs is 1. The van der Waals surface area contributed by atoms with Crippen molar-refractivity contribution < 1.29 is 0 Å². The van der Waals surface area contributed by atoms with E-state index in [9.17, 15) is 10.1 Å². The summed E-state index contributed by atoms with van der Waals surface area (Å²) in [5, 5.41) is 10.9. The molecule has 0 aliphatic carbocycles. The molecule has 0 saturated carbocycles. The molecule has 3 rings (SSSR count). The summed E-state index contributed by atoms with van der Waals surface area (Å²) in [6.45, 7) is 6.00. The van der Waals surface area contributed by atoms with Gasteiger partial charge in [-0.05, 0) is 60.9 Å². The average Bonchev–Trinajstić information content (AvgIpc) is 2.62. The Morgan fingerprint density at radius 3 is 2.56 bits per heavy atom. The predicted molar refractivity (Wildman–Crippen MR) is 102 cm³/mol. The van der Waals surface area contributed by atoms with Crippen LogP contribution in [0.1, 0.15) is 36.1 Å². The number of nitrogens with one attached hydrogen (secondary N) is 1. The highest BCUT2D eigenvalue weighted by Crippen LogP contribution is 2.30. The second-order valence-electron chi connectivity index (χ2n) is 6.83. The number of hydrogen-bond acceptors (Lipinski definition) is 2. The largest absolute Gasteiger partial charge is 0.322 e. The van der Waals surface area contributed by atoms with E-state index in [1.165, 1.54) is 11.1 Å². The zero-order valence-electron chi connectivity index (χ0n) is 14.9. The van der Waals surface area contributed by atoms with E-state index >= 15 is 0 Å². The van der Waals surface area contributed by atoms with Crippen molar-refractivity contribution in [2.45, 2.75) is 39.0 Å². The molecule has 126 valence electrons. The van der Waals surface area contributed by atoms with E-state index in [0.29, 0.717) is 12.8 Å². The summed E-state index contributed by atoms with van der Waals surface area (Å²) in [7, 11) is 0. The van der Waals surface area contributed by atoms with Gasteiger partial charge < -0.3 is 4.98 Å². The molecule has 0 bridgehead atoms. The Labute approximate surface area is 147 Å². The summed E-state index contributed by atoms with van der Waals surface area (Å²) in [5.41, 5.74) is 4.14. The van der Waals surface area contributed by atoms with Gasteiger partial charge in [0.05, 0.1) is 11.5 Å². The fourth-order valence-corrected chi connectivity index (χ4v) is 3.25. The lowest BCUT2D eigenvalue weighted by Crippen LogP contribution is -2.23. The molecule has 0 saturated heterocycles. The molecule has 2 aromatic carbocycles. The van der Waals surface area contributed by atoms with Gasteiger partial charge in [-0.3, -0.25) is 4.79 Å². The first kappa shape index (κ1) is 17.0. The van der Waals surface area contributed by atoms with Gasteiger partial charge in [-0.25, -0.2) is 0 Å². The number of aromatic amines is 1. The number of hydrogen-bond donors (Lipinski definition) is 1. The normalized spacial score (nSPS) is 13.4. The minimum absolute atomic E-state index is 0.0512. The molecule has 1 N–H and O–H groups in total. The van der Waals surface area contributed by atoms with Crippen LogP contribution in [0.5, 0.6) is 0 Å². The van der Waals surface area contributed by atoms with Crippen LogP contribution in [-0.4, -0.2) is 4.98 Å². The third kappa shape index (κ3) is 3.21. The highest BCUT2D eigenvalue weighted by Gasteiger charge is 2.28. The fourth-order valence-electron chi connectivity index (χ4n) is 3.25. The lowest BCUT2D eigenvalue weighted by atomic mass is 9.77. The van der Waals surface area contributed by atoms with Crippen LogP contribution in [0.4, 0.5) is 0 Å². The van der Waals surface area contributed by atoms with Crippen LogP contribution in [0, 0.1) is 18.3 Å². The van der Waals surface area contributed by atoms with Gasteiger partial charge >= 0.3 is 0 Å². The lowest BCUT2D eigenvalue weighted by molar-refractivity contribution is 0.605. The summed E-state index contributed by atoms with van der Waals surface area (Å²) in [6, 6.07) is 18.5. The molecule has 3 aromatic rings. The highest BCUT2D eigenvalue weighted by molar-refractivity contribution is 5.80. The van der Waals surface area contributed by atoms with Crippen molar-refractivity contribution in [1.29, 1.82) is 5.26 Å². The number of pyridine rings is 1. The van der Waals surface area contributed by atoms with Crippen molar-refractivity contribution in [3.05, 3.63) is 81.1 Å². The Morgan fingerprint density at radius 2 is 1.88 bits per heavy atom. The maximum Gasteiger partial charge on any atom is 0.251 e. The van der Waals surface area contributed by atoms with E-state index in [0.717, 1.165) is 22.0 Å². The van der Waals surface area contributed by atoms with Gasteiger partial charge in [0.25, 0.3) is 5.56 Å². The van der Waals surface area contributed by atoms with Crippen LogP contribution < -0.4 is 5.56 Å². The van der Waals surface area contributed by atoms with E-state index < -0.39 is 5.41 Å². The quantitative estimate of drug-likeness (QED) is 0.769. The number of nitrogens with zero attached hydrogens (tertiary/aromatic N) is 1. The van der Waals surface area contributed by atoms with Crippen molar-refractivity contribution in [3.63, 3.8) is 0 Å². The Balaban J connectivity index is 2.07. The van der Waals surface area contributed by atoms with E-state index in [1.54, 1.807) is 0 Å². The van der Waals surface area contributed by atoms with Crippen molar-refractivity contribution in [2.24, 2.45) is 0 Å². The van der Waals surface area contributed by atoms with Crippen LogP contribution in [0.25, 0.3) is 10.9 Å². The zero-order valence-corrected chi connectivity index (χ0v) is 14.9. The van der Waals surface area contributed by atoms with Gasteiger partial charge in [0.2, 0.25) is 0 Å². The summed E-state index contributed by atoms with van der Waals surface area (Å²) >= 11 is 0. The third-order valence-corrected chi connectivity index (χ3v) is 4.99. The van der Waals surface area contributed by atoms with E-state index in [2.05, 4.69) is 30.1 Å². The van der Waals surface area contributed by atoms with E-state index in [-0.39, 0.29) is 5.56 Å². The van der Waals surface area contributed by atoms with Crippen molar-refractivity contribution in [3.8, 4) is 6.07 Å². The summed E-state index contributed by atoms with van der Waals surface area (Å²) in [6.07, 6.45) is 1.34. The molecule has 1 aromatic heterocycles. The zero-order chi connectivity index (χ0) is 18.0. The molecular weight excluding hydrogens is 308 g/mol. The van der Waals surface area contributed by atoms with Gasteiger partial charge in [0.1, 0.15) is 0 Å². The molecule has 1 heterocycles.